The Balaban J connectivity index is 1.65. The molecule has 6 nitrogen and oxygen atoms in total. The fraction of sp³-hybridized carbons (Fsp3) is 0.750. The molecule has 0 spiro atoms. The number of carbonyl (C=O) groups is 1. The highest BCUT2D eigenvalue weighted by atomic mass is 16.5. The molecule has 6 heteroatoms. The number of nitrogens with zero attached hydrogens (tertiary/aromatic N) is 2. The van der Waals surface area contributed by atoms with Gasteiger partial charge in [-0.1, -0.05) is 0 Å². The molecular formula is C16H25N3O3. The third kappa shape index (κ3) is 3.17. The third-order valence-electron chi connectivity index (χ3n) is 4.88. The Morgan fingerprint density at radius 2 is 2.18 bits per heavy atom. The lowest BCUT2D eigenvalue weighted by molar-refractivity contribution is 0.0651. The van der Waals surface area contributed by atoms with Gasteiger partial charge in [0.2, 0.25) is 0 Å². The summed E-state index contributed by atoms with van der Waals surface area (Å²) in [4.78, 5) is 11.4. The van der Waals surface area contributed by atoms with Crippen molar-refractivity contribution < 1.29 is 14.6 Å². The second-order valence-electron chi connectivity index (χ2n) is 6.30. The van der Waals surface area contributed by atoms with E-state index in [2.05, 4.69) is 10.4 Å². The average Bonchev–Trinajstić information content (AvgIpc) is 2.92. The van der Waals surface area contributed by atoms with E-state index >= 15 is 0 Å². The van der Waals surface area contributed by atoms with Crippen LogP contribution in [0.5, 0.6) is 0 Å². The zero-order chi connectivity index (χ0) is 15.5. The largest absolute Gasteiger partial charge is 0.476 e. The summed E-state index contributed by atoms with van der Waals surface area (Å²) in [5, 5.41) is 17.3. The van der Waals surface area contributed by atoms with Crippen LogP contribution in [-0.4, -0.2) is 46.7 Å². The molecule has 3 rings (SSSR count). The average molecular weight is 307 g/mol. The van der Waals surface area contributed by atoms with E-state index in [1.165, 1.54) is 0 Å². The third-order valence-corrected chi connectivity index (χ3v) is 4.88. The smallest absolute Gasteiger partial charge is 0.356 e. The van der Waals surface area contributed by atoms with Gasteiger partial charge in [-0.3, -0.25) is 4.68 Å². The molecule has 2 N–H and O–H groups in total. The van der Waals surface area contributed by atoms with Crippen molar-refractivity contribution in [3.63, 3.8) is 0 Å². The number of aromatic nitrogens is 2. The van der Waals surface area contributed by atoms with Gasteiger partial charge < -0.3 is 15.2 Å². The number of hydrogen-bond donors (Lipinski definition) is 2. The van der Waals surface area contributed by atoms with Gasteiger partial charge in [-0.05, 0) is 51.5 Å². The maximum atomic E-state index is 11.4. The van der Waals surface area contributed by atoms with Gasteiger partial charge in [-0.25, -0.2) is 4.79 Å². The molecule has 1 fully saturated rings. The van der Waals surface area contributed by atoms with Crippen LogP contribution in [0.2, 0.25) is 0 Å². The molecule has 0 saturated carbocycles. The fourth-order valence-corrected chi connectivity index (χ4v) is 3.58. The fourth-order valence-electron chi connectivity index (χ4n) is 3.58. The first kappa shape index (κ1) is 15.5. The van der Waals surface area contributed by atoms with Gasteiger partial charge >= 0.3 is 5.97 Å². The minimum atomic E-state index is -0.909. The molecule has 2 heterocycles. The second-order valence-corrected chi connectivity index (χ2v) is 6.30. The molecule has 0 unspecified atom stereocenters. The highest BCUT2D eigenvalue weighted by Gasteiger charge is 2.29. The van der Waals surface area contributed by atoms with Crippen molar-refractivity contribution in [2.45, 2.75) is 51.6 Å². The monoisotopic (exact) mass is 307 g/mol. The SMILES string of the molecule is CCn1nc(C(=O)O)c2c1CC[C@@H](NCC1CCOCC1)C2. The maximum absolute atomic E-state index is 11.4. The number of aryl methyl sites for hydroxylation is 1. The van der Waals surface area contributed by atoms with E-state index < -0.39 is 5.97 Å². The summed E-state index contributed by atoms with van der Waals surface area (Å²) in [6.45, 7) is 5.49. The Morgan fingerprint density at radius 1 is 1.41 bits per heavy atom. The van der Waals surface area contributed by atoms with E-state index in [4.69, 9.17) is 4.74 Å². The van der Waals surface area contributed by atoms with Crippen LogP contribution in [0.1, 0.15) is 47.9 Å². The van der Waals surface area contributed by atoms with E-state index in [0.717, 1.165) is 69.7 Å². The highest BCUT2D eigenvalue weighted by Crippen LogP contribution is 2.25. The van der Waals surface area contributed by atoms with Crippen molar-refractivity contribution in [3.8, 4) is 0 Å². The summed E-state index contributed by atoms with van der Waals surface area (Å²) >= 11 is 0. The molecule has 0 amide bonds. The number of carboxylic acid groups (broad SMARTS) is 1. The lowest BCUT2D eigenvalue weighted by atomic mass is 9.90. The first-order valence-electron chi connectivity index (χ1n) is 8.32. The number of rotatable bonds is 5. The van der Waals surface area contributed by atoms with Crippen LogP contribution >= 0.6 is 0 Å². The van der Waals surface area contributed by atoms with E-state index in [0.29, 0.717) is 12.0 Å². The molecule has 1 aromatic heterocycles. The minimum absolute atomic E-state index is 0.245. The Kier molecular flexibility index (Phi) is 4.78. The molecular weight excluding hydrogens is 282 g/mol. The van der Waals surface area contributed by atoms with Gasteiger partial charge in [0.1, 0.15) is 0 Å². The van der Waals surface area contributed by atoms with Crippen molar-refractivity contribution in [2.75, 3.05) is 19.8 Å². The Labute approximate surface area is 130 Å². The number of aromatic carboxylic acids is 1. The number of ether oxygens (including phenoxy) is 1. The number of hydrogen-bond acceptors (Lipinski definition) is 4. The molecule has 0 aromatic carbocycles. The van der Waals surface area contributed by atoms with E-state index in [-0.39, 0.29) is 5.69 Å². The summed E-state index contributed by atoms with van der Waals surface area (Å²) in [5.41, 5.74) is 2.29. The van der Waals surface area contributed by atoms with Gasteiger partial charge in [0.05, 0.1) is 0 Å². The predicted octanol–water partition coefficient (Wildman–Crippen LogP) is 1.47. The van der Waals surface area contributed by atoms with Crippen LogP contribution in [0.25, 0.3) is 0 Å². The van der Waals surface area contributed by atoms with Crippen LogP contribution in [0, 0.1) is 5.92 Å². The normalized spacial score (nSPS) is 22.5. The van der Waals surface area contributed by atoms with Crippen LogP contribution in [-0.2, 0) is 24.1 Å². The molecule has 1 atom stereocenters. The first-order chi connectivity index (χ1) is 10.7. The van der Waals surface area contributed by atoms with Gasteiger partial charge in [-0.2, -0.15) is 5.10 Å². The highest BCUT2D eigenvalue weighted by molar-refractivity contribution is 5.87. The minimum Gasteiger partial charge on any atom is -0.476 e. The van der Waals surface area contributed by atoms with Gasteiger partial charge in [0.25, 0.3) is 0 Å². The first-order valence-corrected chi connectivity index (χ1v) is 8.32. The van der Waals surface area contributed by atoms with Crippen LogP contribution in [0.15, 0.2) is 0 Å². The maximum Gasteiger partial charge on any atom is 0.356 e. The van der Waals surface area contributed by atoms with Gasteiger partial charge in [0, 0.05) is 37.1 Å². The second kappa shape index (κ2) is 6.79. The zero-order valence-electron chi connectivity index (χ0n) is 13.2. The standard InChI is InChI=1S/C16H25N3O3/c1-2-19-14-4-3-12(9-13(14)15(18-19)16(20)21)17-10-11-5-7-22-8-6-11/h11-12,17H,2-10H2,1H3,(H,20,21)/t12-/m1/s1. The lowest BCUT2D eigenvalue weighted by Crippen LogP contribution is -2.39. The van der Waals surface area contributed by atoms with Crippen molar-refractivity contribution in [3.05, 3.63) is 17.0 Å². The Bertz CT molecular complexity index is 535. The van der Waals surface area contributed by atoms with E-state index in [9.17, 15) is 9.90 Å². The molecule has 1 aromatic rings. The number of nitrogens with one attached hydrogen (secondary N) is 1. The summed E-state index contributed by atoms with van der Waals surface area (Å²) in [5.74, 6) is -0.221. The molecule has 0 radical (unpaired) electrons. The van der Waals surface area contributed by atoms with Crippen molar-refractivity contribution >= 4 is 5.97 Å². The zero-order valence-corrected chi connectivity index (χ0v) is 13.2. The number of carboxylic acids is 1. The molecule has 22 heavy (non-hydrogen) atoms. The summed E-state index contributed by atoms with van der Waals surface area (Å²) in [6.07, 6.45) is 4.99. The van der Waals surface area contributed by atoms with Crippen LogP contribution in [0.4, 0.5) is 0 Å². The summed E-state index contributed by atoms with van der Waals surface area (Å²) in [7, 11) is 0. The molecule has 122 valence electrons. The predicted molar refractivity (Wildman–Crippen MR) is 82.2 cm³/mol. The molecule has 1 aliphatic carbocycles. The van der Waals surface area contributed by atoms with Crippen LogP contribution in [0.3, 0.4) is 0 Å². The van der Waals surface area contributed by atoms with E-state index in [1.54, 1.807) is 0 Å². The molecule has 1 aliphatic heterocycles. The lowest BCUT2D eigenvalue weighted by Gasteiger charge is -2.28. The van der Waals surface area contributed by atoms with Gasteiger partial charge in [-0.15, -0.1) is 0 Å². The van der Waals surface area contributed by atoms with E-state index in [1.807, 2.05) is 11.6 Å². The molecule has 2 aliphatic rings. The topological polar surface area (TPSA) is 76.4 Å². The van der Waals surface area contributed by atoms with Crippen molar-refractivity contribution in [1.82, 2.24) is 15.1 Å². The molecule has 0 bridgehead atoms. The van der Waals surface area contributed by atoms with Crippen LogP contribution < -0.4 is 5.32 Å². The quantitative estimate of drug-likeness (QED) is 0.861. The Morgan fingerprint density at radius 3 is 2.86 bits per heavy atom. The van der Waals surface area contributed by atoms with Crippen molar-refractivity contribution in [2.24, 2.45) is 5.92 Å². The van der Waals surface area contributed by atoms with Gasteiger partial charge in [0.15, 0.2) is 5.69 Å². The number of fused-ring (bicyclic) bond motifs is 1. The molecule has 1 saturated heterocycles. The van der Waals surface area contributed by atoms with Crippen molar-refractivity contribution in [1.29, 1.82) is 0 Å². The summed E-state index contributed by atoms with van der Waals surface area (Å²) in [6, 6.07) is 0.364. The summed E-state index contributed by atoms with van der Waals surface area (Å²) < 4.78 is 7.25. The Hall–Kier alpha value is -1.40.